The first-order valence-corrected chi connectivity index (χ1v) is 4.46. The summed E-state index contributed by atoms with van der Waals surface area (Å²) in [4.78, 5) is 19.3. The van der Waals surface area contributed by atoms with Crippen molar-refractivity contribution >= 4 is 11.7 Å². The van der Waals surface area contributed by atoms with Crippen molar-refractivity contribution in [3.8, 4) is 0 Å². The van der Waals surface area contributed by atoms with Crippen molar-refractivity contribution in [2.24, 2.45) is 0 Å². The van der Waals surface area contributed by atoms with E-state index in [1.54, 1.807) is 12.3 Å². The van der Waals surface area contributed by atoms with E-state index in [4.69, 9.17) is 10.5 Å². The number of carbonyl (C=O) groups excluding carboxylic acids is 1. The van der Waals surface area contributed by atoms with E-state index in [0.29, 0.717) is 25.3 Å². The van der Waals surface area contributed by atoms with Gasteiger partial charge in [0.15, 0.2) is 0 Å². The standard InChI is InChI=1S/C9H11N3O2/c10-9-11-3-1-7(12-9)6-5-14-4-2-8(6)13/h1,3,6H,2,4-5H2,(H2,10,11,12). The normalized spacial score (nSPS) is 22.3. The van der Waals surface area contributed by atoms with Crippen molar-refractivity contribution in [2.45, 2.75) is 12.3 Å². The molecule has 74 valence electrons. The van der Waals surface area contributed by atoms with Crippen molar-refractivity contribution in [3.63, 3.8) is 0 Å². The molecular weight excluding hydrogens is 182 g/mol. The number of aromatic nitrogens is 2. The molecule has 0 aromatic carbocycles. The van der Waals surface area contributed by atoms with E-state index in [1.807, 2.05) is 0 Å². The second kappa shape index (κ2) is 3.71. The molecule has 0 spiro atoms. The van der Waals surface area contributed by atoms with Gasteiger partial charge in [-0.05, 0) is 6.07 Å². The van der Waals surface area contributed by atoms with Crippen LogP contribution in [-0.2, 0) is 9.53 Å². The van der Waals surface area contributed by atoms with Gasteiger partial charge >= 0.3 is 0 Å². The summed E-state index contributed by atoms with van der Waals surface area (Å²) in [6.45, 7) is 0.908. The Morgan fingerprint density at radius 1 is 1.57 bits per heavy atom. The summed E-state index contributed by atoms with van der Waals surface area (Å²) < 4.78 is 5.22. The summed E-state index contributed by atoms with van der Waals surface area (Å²) in [7, 11) is 0. The largest absolute Gasteiger partial charge is 0.380 e. The summed E-state index contributed by atoms with van der Waals surface area (Å²) in [5.74, 6) is 0.0873. The lowest BCUT2D eigenvalue weighted by molar-refractivity contribution is -0.126. The average molecular weight is 193 g/mol. The molecule has 1 unspecified atom stereocenters. The fourth-order valence-electron chi connectivity index (χ4n) is 1.47. The Morgan fingerprint density at radius 2 is 2.43 bits per heavy atom. The SMILES string of the molecule is Nc1nccc(C2COCCC2=O)n1. The fraction of sp³-hybridized carbons (Fsp3) is 0.444. The van der Waals surface area contributed by atoms with Gasteiger partial charge in [-0.2, -0.15) is 0 Å². The molecule has 0 radical (unpaired) electrons. The minimum atomic E-state index is -0.269. The molecular formula is C9H11N3O2. The monoisotopic (exact) mass is 193 g/mol. The number of ketones is 1. The van der Waals surface area contributed by atoms with Crippen molar-refractivity contribution in [1.82, 2.24) is 9.97 Å². The van der Waals surface area contributed by atoms with E-state index < -0.39 is 0 Å². The molecule has 1 aliphatic rings. The molecule has 2 rings (SSSR count). The summed E-state index contributed by atoms with van der Waals surface area (Å²) in [6.07, 6.45) is 2.01. The van der Waals surface area contributed by atoms with Gasteiger partial charge < -0.3 is 10.5 Å². The molecule has 1 atom stereocenters. The van der Waals surface area contributed by atoms with Crippen LogP contribution in [0, 0.1) is 0 Å². The Labute approximate surface area is 81.3 Å². The first-order valence-electron chi connectivity index (χ1n) is 4.46. The zero-order valence-corrected chi connectivity index (χ0v) is 7.64. The van der Waals surface area contributed by atoms with Gasteiger partial charge in [0.1, 0.15) is 5.78 Å². The lowest BCUT2D eigenvalue weighted by atomic mass is 9.97. The van der Waals surface area contributed by atoms with E-state index in [0.717, 1.165) is 0 Å². The third kappa shape index (κ3) is 1.72. The number of Topliss-reactive ketones (excluding diaryl/α,β-unsaturated/α-hetero) is 1. The fourth-order valence-corrected chi connectivity index (χ4v) is 1.47. The van der Waals surface area contributed by atoms with Gasteiger partial charge in [-0.15, -0.1) is 0 Å². The highest BCUT2D eigenvalue weighted by Gasteiger charge is 2.25. The van der Waals surface area contributed by atoms with Crippen LogP contribution in [-0.4, -0.2) is 29.0 Å². The number of hydrogen-bond donors (Lipinski definition) is 1. The molecule has 2 heterocycles. The third-order valence-electron chi connectivity index (χ3n) is 2.22. The number of ether oxygens (including phenoxy) is 1. The van der Waals surface area contributed by atoms with Crippen molar-refractivity contribution in [1.29, 1.82) is 0 Å². The topological polar surface area (TPSA) is 78.1 Å². The van der Waals surface area contributed by atoms with Crippen LogP contribution in [0.1, 0.15) is 18.0 Å². The lowest BCUT2D eigenvalue weighted by Gasteiger charge is -2.20. The van der Waals surface area contributed by atoms with Crippen LogP contribution >= 0.6 is 0 Å². The number of hydrogen-bond acceptors (Lipinski definition) is 5. The second-order valence-corrected chi connectivity index (χ2v) is 3.18. The molecule has 1 aromatic rings. The molecule has 5 nitrogen and oxygen atoms in total. The van der Waals surface area contributed by atoms with Gasteiger partial charge in [0.2, 0.25) is 5.95 Å². The van der Waals surface area contributed by atoms with Crippen LogP contribution in [0.3, 0.4) is 0 Å². The Kier molecular flexibility index (Phi) is 2.41. The number of carbonyl (C=O) groups is 1. The molecule has 2 N–H and O–H groups in total. The maximum Gasteiger partial charge on any atom is 0.220 e. The third-order valence-corrected chi connectivity index (χ3v) is 2.22. The second-order valence-electron chi connectivity index (χ2n) is 3.18. The number of anilines is 1. The average Bonchev–Trinajstić information content (AvgIpc) is 2.18. The molecule has 1 aliphatic heterocycles. The number of nitrogens with zero attached hydrogens (tertiary/aromatic N) is 2. The van der Waals surface area contributed by atoms with Crippen LogP contribution in [0.4, 0.5) is 5.95 Å². The zero-order valence-electron chi connectivity index (χ0n) is 7.64. The van der Waals surface area contributed by atoms with Crippen molar-refractivity contribution in [3.05, 3.63) is 18.0 Å². The van der Waals surface area contributed by atoms with Gasteiger partial charge in [0, 0.05) is 12.6 Å². The molecule has 0 aliphatic carbocycles. The molecule has 5 heteroatoms. The van der Waals surface area contributed by atoms with Crippen LogP contribution in [0.15, 0.2) is 12.3 Å². The van der Waals surface area contributed by atoms with Crippen LogP contribution in [0.25, 0.3) is 0 Å². The molecule has 1 fully saturated rings. The predicted molar refractivity (Wildman–Crippen MR) is 49.6 cm³/mol. The molecule has 1 aromatic heterocycles. The van der Waals surface area contributed by atoms with Crippen LogP contribution in [0.2, 0.25) is 0 Å². The Morgan fingerprint density at radius 3 is 3.14 bits per heavy atom. The number of rotatable bonds is 1. The molecule has 14 heavy (non-hydrogen) atoms. The Hall–Kier alpha value is -1.49. The van der Waals surface area contributed by atoms with E-state index >= 15 is 0 Å². The summed E-state index contributed by atoms with van der Waals surface area (Å²) >= 11 is 0. The van der Waals surface area contributed by atoms with Crippen molar-refractivity contribution < 1.29 is 9.53 Å². The first kappa shape index (κ1) is 9.08. The van der Waals surface area contributed by atoms with Crippen LogP contribution in [0.5, 0.6) is 0 Å². The van der Waals surface area contributed by atoms with Crippen molar-refractivity contribution in [2.75, 3.05) is 18.9 Å². The molecule has 0 amide bonds. The Balaban J connectivity index is 2.24. The minimum absolute atomic E-state index is 0.161. The lowest BCUT2D eigenvalue weighted by Crippen LogP contribution is -2.26. The highest BCUT2D eigenvalue weighted by Crippen LogP contribution is 2.20. The molecule has 0 saturated carbocycles. The maximum atomic E-state index is 11.5. The summed E-state index contributed by atoms with van der Waals surface area (Å²) in [5, 5.41) is 0. The summed E-state index contributed by atoms with van der Waals surface area (Å²) in [5.41, 5.74) is 6.09. The van der Waals surface area contributed by atoms with Gasteiger partial charge in [0.25, 0.3) is 0 Å². The van der Waals surface area contributed by atoms with Gasteiger partial charge in [-0.1, -0.05) is 0 Å². The minimum Gasteiger partial charge on any atom is -0.380 e. The van der Waals surface area contributed by atoms with E-state index in [9.17, 15) is 4.79 Å². The van der Waals surface area contributed by atoms with E-state index in [-0.39, 0.29) is 17.6 Å². The van der Waals surface area contributed by atoms with E-state index in [2.05, 4.69) is 9.97 Å². The van der Waals surface area contributed by atoms with Gasteiger partial charge in [0.05, 0.1) is 24.8 Å². The first-order chi connectivity index (χ1) is 6.77. The highest BCUT2D eigenvalue weighted by molar-refractivity contribution is 5.86. The molecule has 0 bridgehead atoms. The number of nitrogens with two attached hydrogens (primary N) is 1. The predicted octanol–water partition coefficient (Wildman–Crippen LogP) is 0.132. The van der Waals surface area contributed by atoms with Gasteiger partial charge in [-0.3, -0.25) is 4.79 Å². The summed E-state index contributed by atoms with van der Waals surface area (Å²) in [6, 6.07) is 1.70. The van der Waals surface area contributed by atoms with E-state index in [1.165, 1.54) is 0 Å². The number of nitrogen functional groups attached to an aromatic ring is 1. The zero-order chi connectivity index (χ0) is 9.97. The highest BCUT2D eigenvalue weighted by atomic mass is 16.5. The van der Waals surface area contributed by atoms with Crippen LogP contribution < -0.4 is 5.73 Å². The smallest absolute Gasteiger partial charge is 0.220 e. The van der Waals surface area contributed by atoms with Gasteiger partial charge in [-0.25, -0.2) is 9.97 Å². The maximum absolute atomic E-state index is 11.5. The Bertz CT molecular complexity index is 354. The quantitative estimate of drug-likeness (QED) is 0.686. The molecule has 1 saturated heterocycles.